The van der Waals surface area contributed by atoms with Crippen LogP contribution in [0.2, 0.25) is 0 Å². The Morgan fingerprint density at radius 3 is 2.53 bits per heavy atom. The maximum Gasteiger partial charge on any atom is 0.338 e. The fourth-order valence-corrected chi connectivity index (χ4v) is 1.78. The first-order valence-electron chi connectivity index (χ1n) is 6.02. The van der Waals surface area contributed by atoms with Gasteiger partial charge in [0.05, 0.1) is 6.54 Å². The number of carbonyl (C=O) groups excluding carboxylic acids is 1. The molecule has 100 valence electrons. The van der Waals surface area contributed by atoms with E-state index in [2.05, 4.69) is 0 Å². The number of nitrogens with two attached hydrogens (primary N) is 1. The number of furan rings is 1. The number of urea groups is 1. The van der Waals surface area contributed by atoms with E-state index in [-0.39, 0.29) is 6.54 Å². The molecule has 1 aromatic carbocycles. The molecule has 0 fully saturated rings. The third-order valence-corrected chi connectivity index (χ3v) is 2.76. The highest BCUT2D eigenvalue weighted by atomic mass is 16.5. The summed E-state index contributed by atoms with van der Waals surface area (Å²) in [5.41, 5.74) is 6.08. The van der Waals surface area contributed by atoms with Gasteiger partial charge in [-0.1, -0.05) is 30.3 Å². The predicted octanol–water partition coefficient (Wildman–Crippen LogP) is 2.18. The molecule has 0 aliphatic carbocycles. The topological polar surface area (TPSA) is 79.7 Å². The monoisotopic (exact) mass is 260 g/mol. The summed E-state index contributed by atoms with van der Waals surface area (Å²) in [5.74, 6) is 1.57. The third-order valence-electron chi connectivity index (χ3n) is 2.76. The van der Waals surface area contributed by atoms with Crippen LogP contribution in [0.3, 0.4) is 0 Å². The number of benzene rings is 1. The number of rotatable bonds is 5. The summed E-state index contributed by atoms with van der Waals surface area (Å²) in [4.78, 5) is 10.6. The van der Waals surface area contributed by atoms with E-state index in [1.165, 1.54) is 5.56 Å². The van der Waals surface area contributed by atoms with Crippen molar-refractivity contribution in [1.82, 2.24) is 5.06 Å². The first kappa shape index (κ1) is 13.2. The minimum atomic E-state index is -0.865. The molecule has 2 aromatic rings. The molecule has 2 rings (SSSR count). The maximum absolute atomic E-state index is 10.6. The van der Waals surface area contributed by atoms with Gasteiger partial charge in [-0.15, -0.1) is 0 Å². The molecule has 0 bridgehead atoms. The highest BCUT2D eigenvalue weighted by Crippen LogP contribution is 2.13. The SMILES string of the molecule is NC(=O)N(O)CCc1ccc(Cc2ccccc2)o1. The van der Waals surface area contributed by atoms with E-state index in [1.54, 1.807) is 0 Å². The van der Waals surface area contributed by atoms with Crippen molar-refractivity contribution in [3.63, 3.8) is 0 Å². The second-order valence-corrected chi connectivity index (χ2v) is 4.24. The van der Waals surface area contributed by atoms with Crippen LogP contribution in [0.15, 0.2) is 46.9 Å². The molecular weight excluding hydrogens is 244 g/mol. The van der Waals surface area contributed by atoms with Crippen molar-refractivity contribution in [2.75, 3.05) is 6.54 Å². The van der Waals surface area contributed by atoms with Gasteiger partial charge in [-0.05, 0) is 17.7 Å². The van der Waals surface area contributed by atoms with Gasteiger partial charge in [0, 0.05) is 12.8 Å². The van der Waals surface area contributed by atoms with Crippen molar-refractivity contribution in [3.05, 3.63) is 59.5 Å². The van der Waals surface area contributed by atoms with Crippen LogP contribution in [0.25, 0.3) is 0 Å². The van der Waals surface area contributed by atoms with Crippen molar-refractivity contribution >= 4 is 6.03 Å². The molecule has 2 amide bonds. The summed E-state index contributed by atoms with van der Waals surface area (Å²) in [6, 6.07) is 12.9. The van der Waals surface area contributed by atoms with Gasteiger partial charge in [-0.2, -0.15) is 0 Å². The van der Waals surface area contributed by atoms with Gasteiger partial charge >= 0.3 is 6.03 Å². The second kappa shape index (κ2) is 6.06. The van der Waals surface area contributed by atoms with E-state index >= 15 is 0 Å². The van der Waals surface area contributed by atoms with Crippen molar-refractivity contribution in [2.24, 2.45) is 5.73 Å². The Morgan fingerprint density at radius 2 is 1.84 bits per heavy atom. The summed E-state index contributed by atoms with van der Waals surface area (Å²) in [6.45, 7) is 0.119. The fourth-order valence-electron chi connectivity index (χ4n) is 1.78. The van der Waals surface area contributed by atoms with E-state index in [4.69, 9.17) is 15.4 Å². The fraction of sp³-hybridized carbons (Fsp3) is 0.214. The lowest BCUT2D eigenvalue weighted by Crippen LogP contribution is -2.34. The molecule has 0 spiro atoms. The Bertz CT molecular complexity index is 537. The Hall–Kier alpha value is -2.27. The first-order valence-corrected chi connectivity index (χ1v) is 6.02. The van der Waals surface area contributed by atoms with Crippen LogP contribution in [0.4, 0.5) is 4.79 Å². The number of amides is 2. The molecule has 1 aromatic heterocycles. The molecule has 0 saturated carbocycles. The quantitative estimate of drug-likeness (QED) is 0.638. The minimum Gasteiger partial charge on any atom is -0.466 e. The number of hydrogen-bond donors (Lipinski definition) is 2. The summed E-state index contributed by atoms with van der Waals surface area (Å²) in [6.07, 6.45) is 1.15. The summed E-state index contributed by atoms with van der Waals surface area (Å²) < 4.78 is 5.63. The van der Waals surface area contributed by atoms with Gasteiger partial charge in [0.2, 0.25) is 0 Å². The molecule has 5 heteroatoms. The summed E-state index contributed by atoms with van der Waals surface area (Å²) >= 11 is 0. The average molecular weight is 260 g/mol. The van der Waals surface area contributed by atoms with Crippen LogP contribution in [0.1, 0.15) is 17.1 Å². The van der Waals surface area contributed by atoms with Gasteiger partial charge in [-0.25, -0.2) is 9.86 Å². The van der Waals surface area contributed by atoms with E-state index in [9.17, 15) is 4.79 Å². The molecule has 0 atom stereocenters. The molecule has 1 heterocycles. The Balaban J connectivity index is 1.90. The molecule has 5 nitrogen and oxygen atoms in total. The lowest BCUT2D eigenvalue weighted by molar-refractivity contribution is -0.0390. The largest absolute Gasteiger partial charge is 0.466 e. The van der Waals surface area contributed by atoms with Gasteiger partial charge < -0.3 is 10.2 Å². The normalized spacial score (nSPS) is 10.4. The van der Waals surface area contributed by atoms with E-state index in [0.717, 1.165) is 12.2 Å². The van der Waals surface area contributed by atoms with Gasteiger partial charge in [0.1, 0.15) is 11.5 Å². The van der Waals surface area contributed by atoms with E-state index in [1.807, 2.05) is 42.5 Å². The van der Waals surface area contributed by atoms with Gasteiger partial charge in [0.15, 0.2) is 0 Å². The van der Waals surface area contributed by atoms with Crippen LogP contribution in [-0.4, -0.2) is 22.8 Å². The third kappa shape index (κ3) is 3.86. The molecule has 0 aliphatic heterocycles. The van der Waals surface area contributed by atoms with Crippen molar-refractivity contribution in [3.8, 4) is 0 Å². The standard InChI is InChI=1S/C14H16N2O3/c15-14(17)16(18)9-8-12-6-7-13(19-12)10-11-4-2-1-3-5-11/h1-7,18H,8-10H2,(H2,15,17). The number of hydrogen-bond acceptors (Lipinski definition) is 3. The highest BCUT2D eigenvalue weighted by molar-refractivity contribution is 5.70. The molecule has 19 heavy (non-hydrogen) atoms. The number of carbonyl (C=O) groups is 1. The van der Waals surface area contributed by atoms with Crippen LogP contribution in [0, 0.1) is 0 Å². The summed E-state index contributed by atoms with van der Waals surface area (Å²) in [5, 5.41) is 9.62. The predicted molar refractivity (Wildman–Crippen MR) is 69.7 cm³/mol. The molecule has 0 aliphatic rings. The van der Waals surface area contributed by atoms with E-state index < -0.39 is 6.03 Å². The van der Waals surface area contributed by atoms with Crippen molar-refractivity contribution < 1.29 is 14.4 Å². The number of hydroxylamine groups is 2. The zero-order chi connectivity index (χ0) is 13.7. The molecular formula is C14H16N2O3. The zero-order valence-electron chi connectivity index (χ0n) is 10.5. The Morgan fingerprint density at radius 1 is 1.16 bits per heavy atom. The van der Waals surface area contributed by atoms with Crippen LogP contribution in [0.5, 0.6) is 0 Å². The van der Waals surface area contributed by atoms with Gasteiger partial charge in [0.25, 0.3) is 0 Å². The smallest absolute Gasteiger partial charge is 0.338 e. The lowest BCUT2D eigenvalue weighted by atomic mass is 10.1. The second-order valence-electron chi connectivity index (χ2n) is 4.24. The van der Waals surface area contributed by atoms with Crippen LogP contribution >= 0.6 is 0 Å². The molecule has 3 N–H and O–H groups in total. The maximum atomic E-state index is 10.6. The van der Waals surface area contributed by atoms with Gasteiger partial charge in [-0.3, -0.25) is 5.21 Å². The Labute approximate surface area is 111 Å². The van der Waals surface area contributed by atoms with Crippen LogP contribution in [-0.2, 0) is 12.8 Å². The van der Waals surface area contributed by atoms with E-state index in [0.29, 0.717) is 17.2 Å². The van der Waals surface area contributed by atoms with Crippen molar-refractivity contribution in [2.45, 2.75) is 12.8 Å². The van der Waals surface area contributed by atoms with Crippen molar-refractivity contribution in [1.29, 1.82) is 0 Å². The molecule has 0 saturated heterocycles. The lowest BCUT2D eigenvalue weighted by Gasteiger charge is -2.09. The molecule has 0 radical (unpaired) electrons. The van der Waals surface area contributed by atoms with Crippen LogP contribution < -0.4 is 5.73 Å². The minimum absolute atomic E-state index is 0.119. The zero-order valence-corrected chi connectivity index (χ0v) is 10.5. The number of nitrogens with zero attached hydrogens (tertiary/aromatic N) is 1. The molecule has 0 unspecified atom stereocenters. The summed E-state index contributed by atoms with van der Waals surface area (Å²) in [7, 11) is 0. The Kier molecular flexibility index (Phi) is 4.20. The highest BCUT2D eigenvalue weighted by Gasteiger charge is 2.08. The first-order chi connectivity index (χ1) is 9.15. The number of primary amides is 1. The average Bonchev–Trinajstić information content (AvgIpc) is 2.84.